The van der Waals surface area contributed by atoms with E-state index >= 15 is 0 Å². The average Bonchev–Trinajstić information content (AvgIpc) is 2.62. The third kappa shape index (κ3) is 2.93. The van der Waals surface area contributed by atoms with E-state index in [0.717, 1.165) is 38.8 Å². The van der Waals surface area contributed by atoms with Crippen molar-refractivity contribution in [1.82, 2.24) is 9.80 Å². The number of alkyl halides is 1. The topological polar surface area (TPSA) is 23.6 Å². The summed E-state index contributed by atoms with van der Waals surface area (Å²) < 4.78 is 12.7. The Balaban J connectivity index is 2.06. The van der Waals surface area contributed by atoms with Crippen LogP contribution in [0.5, 0.6) is 0 Å². The van der Waals surface area contributed by atoms with Gasteiger partial charge in [0.2, 0.25) is 5.91 Å². The maximum atomic E-state index is 12.7. The van der Waals surface area contributed by atoms with E-state index in [1.165, 1.54) is 6.42 Å². The van der Waals surface area contributed by atoms with E-state index in [1.54, 1.807) is 0 Å². The summed E-state index contributed by atoms with van der Waals surface area (Å²) in [5.74, 6) is 0.162. The third-order valence-electron chi connectivity index (χ3n) is 5.15. The van der Waals surface area contributed by atoms with Gasteiger partial charge in [0, 0.05) is 31.1 Å². The second kappa shape index (κ2) is 6.21. The monoisotopic (exact) mass is 270 g/mol. The van der Waals surface area contributed by atoms with Crippen molar-refractivity contribution in [3.05, 3.63) is 0 Å². The summed E-state index contributed by atoms with van der Waals surface area (Å²) in [6.07, 6.45) is 5.90. The molecule has 0 aliphatic carbocycles. The van der Waals surface area contributed by atoms with Gasteiger partial charge in [-0.05, 0) is 45.6 Å². The predicted molar refractivity (Wildman–Crippen MR) is 74.8 cm³/mol. The molecular formula is C15H27FN2O. The van der Waals surface area contributed by atoms with Crippen molar-refractivity contribution in [3.63, 3.8) is 0 Å². The molecule has 2 rings (SSSR count). The minimum Gasteiger partial charge on any atom is -0.334 e. The van der Waals surface area contributed by atoms with Crippen molar-refractivity contribution in [2.24, 2.45) is 0 Å². The van der Waals surface area contributed by atoms with Crippen LogP contribution in [0.25, 0.3) is 0 Å². The second-order valence-electron chi connectivity index (χ2n) is 6.11. The van der Waals surface area contributed by atoms with Gasteiger partial charge in [0.15, 0.2) is 0 Å². The molecule has 4 heteroatoms. The first-order valence-corrected chi connectivity index (χ1v) is 7.73. The normalized spacial score (nSPS) is 30.9. The lowest BCUT2D eigenvalue weighted by atomic mass is 9.88. The molecule has 1 spiro atoms. The van der Waals surface area contributed by atoms with Crippen LogP contribution in [0.15, 0.2) is 0 Å². The molecule has 0 saturated carbocycles. The first kappa shape index (κ1) is 14.8. The first-order chi connectivity index (χ1) is 9.13. The lowest BCUT2D eigenvalue weighted by Gasteiger charge is -2.38. The Morgan fingerprint density at radius 2 is 2.11 bits per heavy atom. The van der Waals surface area contributed by atoms with Crippen LogP contribution in [0.4, 0.5) is 4.39 Å². The Morgan fingerprint density at radius 3 is 2.79 bits per heavy atom. The Labute approximate surface area is 116 Å². The van der Waals surface area contributed by atoms with Crippen molar-refractivity contribution in [2.75, 3.05) is 26.3 Å². The van der Waals surface area contributed by atoms with E-state index in [1.807, 2.05) is 4.90 Å². The molecule has 0 aromatic carbocycles. The van der Waals surface area contributed by atoms with Gasteiger partial charge in [0.1, 0.15) is 6.67 Å². The number of rotatable bonds is 4. The number of hydrogen-bond donors (Lipinski definition) is 0. The van der Waals surface area contributed by atoms with Crippen LogP contribution in [-0.2, 0) is 4.79 Å². The van der Waals surface area contributed by atoms with Crippen LogP contribution >= 0.6 is 0 Å². The van der Waals surface area contributed by atoms with Crippen molar-refractivity contribution in [3.8, 4) is 0 Å². The highest BCUT2D eigenvalue weighted by Gasteiger charge is 2.45. The molecule has 1 amide bonds. The minimum atomic E-state index is -0.414. The lowest BCUT2D eigenvalue weighted by molar-refractivity contribution is -0.131. The van der Waals surface area contributed by atoms with Crippen LogP contribution in [0.1, 0.15) is 52.4 Å². The van der Waals surface area contributed by atoms with Gasteiger partial charge in [-0.1, -0.05) is 6.92 Å². The number of carbonyl (C=O) groups is 1. The van der Waals surface area contributed by atoms with Crippen LogP contribution < -0.4 is 0 Å². The zero-order chi connectivity index (χ0) is 13.9. The van der Waals surface area contributed by atoms with E-state index < -0.39 is 6.67 Å². The van der Waals surface area contributed by atoms with E-state index in [9.17, 15) is 9.18 Å². The van der Waals surface area contributed by atoms with E-state index in [-0.39, 0.29) is 11.4 Å². The van der Waals surface area contributed by atoms with Gasteiger partial charge in [-0.2, -0.15) is 0 Å². The van der Waals surface area contributed by atoms with Crippen LogP contribution in [-0.4, -0.2) is 53.6 Å². The number of hydrogen-bond acceptors (Lipinski definition) is 2. The van der Waals surface area contributed by atoms with Gasteiger partial charge in [-0.25, -0.2) is 4.39 Å². The maximum Gasteiger partial charge on any atom is 0.223 e. The fourth-order valence-electron chi connectivity index (χ4n) is 3.74. The zero-order valence-corrected chi connectivity index (χ0v) is 12.3. The summed E-state index contributed by atoms with van der Waals surface area (Å²) in [5.41, 5.74) is -0.0363. The molecule has 0 radical (unpaired) electrons. The van der Waals surface area contributed by atoms with Gasteiger partial charge in [0.25, 0.3) is 0 Å². The van der Waals surface area contributed by atoms with Crippen molar-refractivity contribution in [1.29, 1.82) is 0 Å². The Morgan fingerprint density at radius 1 is 1.32 bits per heavy atom. The molecule has 3 nitrogen and oxygen atoms in total. The molecule has 0 aromatic heterocycles. The molecular weight excluding hydrogens is 243 g/mol. The number of likely N-dealkylation sites (tertiary alicyclic amines) is 2. The first-order valence-electron chi connectivity index (χ1n) is 7.73. The Bertz CT molecular complexity index is 323. The smallest absolute Gasteiger partial charge is 0.223 e. The molecule has 2 saturated heterocycles. The second-order valence-corrected chi connectivity index (χ2v) is 6.11. The summed E-state index contributed by atoms with van der Waals surface area (Å²) in [5, 5.41) is 0. The molecule has 0 aromatic rings. The van der Waals surface area contributed by atoms with Crippen LogP contribution in [0.2, 0.25) is 0 Å². The lowest BCUT2D eigenvalue weighted by Crippen LogP contribution is -2.47. The highest BCUT2D eigenvalue weighted by atomic mass is 19.1. The van der Waals surface area contributed by atoms with E-state index in [2.05, 4.69) is 18.7 Å². The molecule has 0 bridgehead atoms. The van der Waals surface area contributed by atoms with Gasteiger partial charge < -0.3 is 9.80 Å². The molecule has 2 aliphatic rings. The van der Waals surface area contributed by atoms with E-state index in [0.29, 0.717) is 19.0 Å². The van der Waals surface area contributed by atoms with Crippen molar-refractivity contribution < 1.29 is 9.18 Å². The summed E-state index contributed by atoms with van der Waals surface area (Å²) >= 11 is 0. The zero-order valence-electron chi connectivity index (χ0n) is 12.3. The molecule has 19 heavy (non-hydrogen) atoms. The summed E-state index contributed by atoms with van der Waals surface area (Å²) in [6.45, 7) is 6.54. The molecule has 2 atom stereocenters. The number of carbonyl (C=O) groups excluding carboxylic acids is 1. The maximum absolute atomic E-state index is 12.7. The molecule has 0 N–H and O–H groups in total. The summed E-state index contributed by atoms with van der Waals surface area (Å²) in [7, 11) is 0. The van der Waals surface area contributed by atoms with Gasteiger partial charge >= 0.3 is 0 Å². The Hall–Kier alpha value is -0.640. The van der Waals surface area contributed by atoms with Crippen LogP contribution in [0.3, 0.4) is 0 Å². The molecule has 0 unspecified atom stereocenters. The highest BCUT2D eigenvalue weighted by Crippen LogP contribution is 2.39. The molecule has 110 valence electrons. The van der Waals surface area contributed by atoms with Gasteiger partial charge in [-0.3, -0.25) is 4.79 Å². The third-order valence-corrected chi connectivity index (χ3v) is 5.15. The molecule has 2 fully saturated rings. The van der Waals surface area contributed by atoms with Crippen LogP contribution in [0, 0.1) is 0 Å². The average molecular weight is 270 g/mol. The van der Waals surface area contributed by atoms with Crippen molar-refractivity contribution in [2.45, 2.75) is 64.0 Å². The fourth-order valence-corrected chi connectivity index (χ4v) is 3.74. The largest absolute Gasteiger partial charge is 0.334 e. The SMILES string of the molecule is CC[C@H](C)N1CCC[C@]2(CCC(=O)N2CCF)CC1. The quantitative estimate of drug-likeness (QED) is 0.784. The summed E-state index contributed by atoms with van der Waals surface area (Å²) in [4.78, 5) is 16.4. The van der Waals surface area contributed by atoms with Gasteiger partial charge in [0.05, 0.1) is 0 Å². The molecule has 2 aliphatic heterocycles. The number of nitrogens with zero attached hydrogens (tertiary/aromatic N) is 2. The van der Waals surface area contributed by atoms with Crippen molar-refractivity contribution >= 4 is 5.91 Å². The standard InChI is InChI=1S/C15H27FN2O/c1-3-13(2)17-10-4-6-15(8-11-17)7-5-14(19)18(15)12-9-16/h13H,3-12H2,1-2H3/t13-,15-/m0/s1. The number of amides is 1. The van der Waals surface area contributed by atoms with E-state index in [4.69, 9.17) is 0 Å². The predicted octanol–water partition coefficient (Wildman–Crippen LogP) is 2.60. The molecule has 2 heterocycles. The highest BCUT2D eigenvalue weighted by molar-refractivity contribution is 5.79. The number of halogens is 1. The minimum absolute atomic E-state index is 0.0363. The fraction of sp³-hybridized carbons (Fsp3) is 0.933. The van der Waals surface area contributed by atoms with Gasteiger partial charge in [-0.15, -0.1) is 0 Å². The Kier molecular flexibility index (Phi) is 4.82. The summed E-state index contributed by atoms with van der Waals surface area (Å²) in [6, 6.07) is 0.613.